The van der Waals surface area contributed by atoms with E-state index in [1.807, 2.05) is 30.3 Å². The summed E-state index contributed by atoms with van der Waals surface area (Å²) in [6.45, 7) is 0. The molecule has 3 aromatic rings. The lowest BCUT2D eigenvalue weighted by atomic mass is 10.2. The van der Waals surface area contributed by atoms with Gasteiger partial charge in [0.15, 0.2) is 0 Å². The number of rotatable bonds is 2. The van der Waals surface area contributed by atoms with Gasteiger partial charge in [-0.2, -0.15) is 0 Å². The zero-order chi connectivity index (χ0) is 13.9. The van der Waals surface area contributed by atoms with Crippen LogP contribution in [0.4, 0.5) is 5.69 Å². The summed E-state index contributed by atoms with van der Waals surface area (Å²) in [5.74, 6) is 0.171. The first kappa shape index (κ1) is 12.6. The molecule has 2 aromatic carbocycles. The van der Waals surface area contributed by atoms with Gasteiger partial charge < -0.3 is 5.11 Å². The van der Waals surface area contributed by atoms with Crippen molar-refractivity contribution < 1.29 is 5.11 Å². The molecule has 0 spiro atoms. The fraction of sp³-hybridized carbons (Fsp3) is 0. The number of hydrogen-bond donors (Lipinski definition) is 1. The van der Waals surface area contributed by atoms with Crippen molar-refractivity contribution in [1.29, 1.82) is 0 Å². The highest BCUT2D eigenvalue weighted by molar-refractivity contribution is 6.30. The van der Waals surface area contributed by atoms with Gasteiger partial charge in [-0.15, -0.1) is 0 Å². The maximum atomic E-state index is 9.79. The molecule has 3 nitrogen and oxygen atoms in total. The number of aromatic hydroxyl groups is 1. The first-order valence-electron chi connectivity index (χ1n) is 6.11. The summed E-state index contributed by atoms with van der Waals surface area (Å²) in [5, 5.41) is 11.4. The van der Waals surface area contributed by atoms with Gasteiger partial charge in [0.25, 0.3) is 0 Å². The van der Waals surface area contributed by atoms with Gasteiger partial charge in [0.05, 0.1) is 17.6 Å². The van der Waals surface area contributed by atoms with Crippen LogP contribution in [0.2, 0.25) is 5.02 Å². The zero-order valence-corrected chi connectivity index (χ0v) is 11.2. The minimum Gasteiger partial charge on any atom is -0.506 e. The lowest BCUT2D eigenvalue weighted by Crippen LogP contribution is -1.88. The van der Waals surface area contributed by atoms with Crippen LogP contribution in [0.15, 0.2) is 59.6 Å². The molecule has 0 saturated heterocycles. The quantitative estimate of drug-likeness (QED) is 0.711. The van der Waals surface area contributed by atoms with Crippen molar-refractivity contribution in [3.05, 3.63) is 65.3 Å². The molecule has 0 aliphatic rings. The molecule has 0 fully saturated rings. The predicted molar refractivity (Wildman–Crippen MR) is 82.1 cm³/mol. The third-order valence-corrected chi connectivity index (χ3v) is 3.14. The summed E-state index contributed by atoms with van der Waals surface area (Å²) in [6, 6.07) is 16.3. The molecule has 1 N–H and O–H groups in total. The molecule has 3 rings (SSSR count). The van der Waals surface area contributed by atoms with Crippen LogP contribution in [0.25, 0.3) is 10.9 Å². The fourth-order valence-electron chi connectivity index (χ4n) is 1.89. The van der Waals surface area contributed by atoms with Crippen LogP contribution in [-0.2, 0) is 0 Å². The van der Waals surface area contributed by atoms with Gasteiger partial charge in [-0.25, -0.2) is 4.98 Å². The molecule has 0 amide bonds. The van der Waals surface area contributed by atoms with E-state index in [1.165, 1.54) is 0 Å². The summed E-state index contributed by atoms with van der Waals surface area (Å²) in [7, 11) is 0. The number of phenols is 1. The Morgan fingerprint density at radius 1 is 1.00 bits per heavy atom. The van der Waals surface area contributed by atoms with E-state index in [1.54, 1.807) is 30.5 Å². The van der Waals surface area contributed by atoms with Crippen LogP contribution < -0.4 is 0 Å². The van der Waals surface area contributed by atoms with Crippen LogP contribution >= 0.6 is 11.6 Å². The Hall–Kier alpha value is -2.39. The van der Waals surface area contributed by atoms with Crippen molar-refractivity contribution >= 4 is 34.4 Å². The highest BCUT2D eigenvalue weighted by atomic mass is 35.5. The van der Waals surface area contributed by atoms with E-state index in [2.05, 4.69) is 9.98 Å². The smallest absolute Gasteiger partial charge is 0.141 e. The molecule has 1 heterocycles. The molecule has 0 atom stereocenters. The molecule has 0 aliphatic carbocycles. The molecule has 0 bridgehead atoms. The monoisotopic (exact) mass is 282 g/mol. The molecule has 0 unspecified atom stereocenters. The van der Waals surface area contributed by atoms with E-state index in [9.17, 15) is 5.11 Å². The van der Waals surface area contributed by atoms with E-state index in [0.29, 0.717) is 16.2 Å². The Labute approximate surface area is 121 Å². The van der Waals surface area contributed by atoms with Gasteiger partial charge in [-0.05, 0) is 36.4 Å². The van der Waals surface area contributed by atoms with Crippen molar-refractivity contribution in [2.45, 2.75) is 0 Å². The maximum Gasteiger partial charge on any atom is 0.141 e. The predicted octanol–water partition coefficient (Wildman–Crippen LogP) is 4.34. The van der Waals surface area contributed by atoms with Crippen molar-refractivity contribution in [2.75, 3.05) is 0 Å². The number of para-hydroxylation sites is 1. The molecule has 0 radical (unpaired) electrons. The Morgan fingerprint density at radius 2 is 1.80 bits per heavy atom. The van der Waals surface area contributed by atoms with Crippen LogP contribution in [0.3, 0.4) is 0 Å². The molecule has 0 aliphatic heterocycles. The van der Waals surface area contributed by atoms with Crippen molar-refractivity contribution in [2.24, 2.45) is 4.99 Å². The summed E-state index contributed by atoms with van der Waals surface area (Å²) >= 11 is 5.82. The van der Waals surface area contributed by atoms with Gasteiger partial charge >= 0.3 is 0 Å². The minimum atomic E-state index is 0.171. The second-order valence-corrected chi connectivity index (χ2v) is 4.76. The summed E-state index contributed by atoms with van der Waals surface area (Å²) in [4.78, 5) is 8.71. The number of fused-ring (bicyclic) bond motifs is 1. The maximum absolute atomic E-state index is 9.79. The molecular formula is C16H11ClN2O. The molecule has 1 aromatic heterocycles. The summed E-state index contributed by atoms with van der Waals surface area (Å²) in [6.07, 6.45) is 1.66. The van der Waals surface area contributed by atoms with Crippen LogP contribution in [0, 0.1) is 0 Å². The number of pyridine rings is 1. The Morgan fingerprint density at radius 3 is 2.60 bits per heavy atom. The van der Waals surface area contributed by atoms with Gasteiger partial charge in [-0.3, -0.25) is 4.99 Å². The van der Waals surface area contributed by atoms with Gasteiger partial charge in [0, 0.05) is 10.4 Å². The number of phenolic OH excluding ortho intramolecular Hbond substituents is 1. The molecule has 4 heteroatoms. The fourth-order valence-corrected chi connectivity index (χ4v) is 2.01. The van der Waals surface area contributed by atoms with E-state index in [-0.39, 0.29) is 5.75 Å². The Kier molecular flexibility index (Phi) is 3.35. The lowest BCUT2D eigenvalue weighted by molar-refractivity contribution is 0.480. The molecule has 20 heavy (non-hydrogen) atoms. The van der Waals surface area contributed by atoms with Crippen molar-refractivity contribution in [1.82, 2.24) is 4.98 Å². The van der Waals surface area contributed by atoms with E-state index in [4.69, 9.17) is 11.6 Å². The van der Waals surface area contributed by atoms with Crippen LogP contribution in [-0.4, -0.2) is 16.3 Å². The average molecular weight is 283 g/mol. The SMILES string of the molecule is Oc1cccc2ccc(C=Nc3ccc(Cl)cc3)nc12. The molecule has 0 saturated carbocycles. The first-order valence-corrected chi connectivity index (χ1v) is 6.48. The summed E-state index contributed by atoms with van der Waals surface area (Å²) < 4.78 is 0. The third-order valence-electron chi connectivity index (χ3n) is 2.89. The number of halogens is 1. The minimum absolute atomic E-state index is 0.171. The van der Waals surface area contributed by atoms with E-state index >= 15 is 0 Å². The van der Waals surface area contributed by atoms with Crippen molar-refractivity contribution in [3.63, 3.8) is 0 Å². The normalized spacial score (nSPS) is 11.2. The highest BCUT2D eigenvalue weighted by Crippen LogP contribution is 2.22. The Bertz CT molecular complexity index is 782. The van der Waals surface area contributed by atoms with E-state index in [0.717, 1.165) is 11.1 Å². The Balaban J connectivity index is 1.94. The average Bonchev–Trinajstić information content (AvgIpc) is 2.47. The van der Waals surface area contributed by atoms with Gasteiger partial charge in [0.2, 0.25) is 0 Å². The number of hydrogen-bond acceptors (Lipinski definition) is 3. The lowest BCUT2D eigenvalue weighted by Gasteiger charge is -2.01. The molecular weight excluding hydrogens is 272 g/mol. The third kappa shape index (κ3) is 2.63. The number of aliphatic imine (C=N–C) groups is 1. The standard InChI is InChI=1S/C16H11ClN2O/c17-12-5-8-13(9-6-12)18-10-14-7-4-11-2-1-3-15(20)16(11)19-14/h1-10,20H. The number of nitrogens with zero attached hydrogens (tertiary/aromatic N) is 2. The second kappa shape index (κ2) is 5.31. The molecule has 98 valence electrons. The first-order chi connectivity index (χ1) is 9.72. The van der Waals surface area contributed by atoms with Crippen molar-refractivity contribution in [3.8, 4) is 5.75 Å². The number of benzene rings is 2. The highest BCUT2D eigenvalue weighted by Gasteiger charge is 2.01. The summed E-state index contributed by atoms with van der Waals surface area (Å²) in [5.41, 5.74) is 2.06. The van der Waals surface area contributed by atoms with Gasteiger partial charge in [-0.1, -0.05) is 29.8 Å². The van der Waals surface area contributed by atoms with E-state index < -0.39 is 0 Å². The largest absolute Gasteiger partial charge is 0.506 e. The second-order valence-electron chi connectivity index (χ2n) is 4.32. The van der Waals surface area contributed by atoms with Crippen LogP contribution in [0.1, 0.15) is 5.69 Å². The van der Waals surface area contributed by atoms with Crippen LogP contribution in [0.5, 0.6) is 5.75 Å². The number of aromatic nitrogens is 1. The van der Waals surface area contributed by atoms with Gasteiger partial charge in [0.1, 0.15) is 11.3 Å². The topological polar surface area (TPSA) is 45.5 Å². The zero-order valence-electron chi connectivity index (χ0n) is 10.5.